The number of fused-ring (bicyclic) bond motifs is 1. The van der Waals surface area contributed by atoms with Gasteiger partial charge in [0.1, 0.15) is 23.8 Å². The minimum atomic E-state index is -0.725. The molecule has 0 radical (unpaired) electrons. The van der Waals surface area contributed by atoms with Crippen LogP contribution in [0.5, 0.6) is 5.75 Å². The van der Waals surface area contributed by atoms with E-state index in [1.54, 1.807) is 34.1 Å². The standard InChI is InChI=1S/C22H29N3O2.C5H11NO2/c1-14(2)10-15(3)12-27-19-7-6-17(11-16(19)4)18-8-9-23-22-21(18)24-20(25-22)13-26-5;1-5(2,3)8-4(6)7/h6-9,11,14-15H,10,12-13H2,1-5H3,(H,23,24,25);1-3H3,(H2,6,7). The van der Waals surface area contributed by atoms with Gasteiger partial charge in [-0.25, -0.2) is 14.8 Å². The number of methoxy groups -OCH3 is 1. The van der Waals surface area contributed by atoms with Gasteiger partial charge in [0.15, 0.2) is 5.65 Å². The number of H-pyrrole nitrogens is 1. The van der Waals surface area contributed by atoms with E-state index in [0.29, 0.717) is 24.1 Å². The molecule has 1 aromatic carbocycles. The van der Waals surface area contributed by atoms with E-state index < -0.39 is 11.7 Å². The fourth-order valence-electron chi connectivity index (χ4n) is 3.79. The Morgan fingerprint density at radius 3 is 2.43 bits per heavy atom. The summed E-state index contributed by atoms with van der Waals surface area (Å²) in [7, 11) is 1.66. The third kappa shape index (κ3) is 9.20. The summed E-state index contributed by atoms with van der Waals surface area (Å²) in [5.74, 6) is 2.97. The van der Waals surface area contributed by atoms with Crippen molar-refractivity contribution >= 4 is 17.3 Å². The highest BCUT2D eigenvalue weighted by atomic mass is 16.6. The molecule has 2 aromatic heterocycles. The van der Waals surface area contributed by atoms with E-state index in [4.69, 9.17) is 15.2 Å². The van der Waals surface area contributed by atoms with E-state index in [1.807, 2.05) is 6.07 Å². The first-order valence-electron chi connectivity index (χ1n) is 11.9. The number of amides is 1. The third-order valence-electron chi connectivity index (χ3n) is 5.01. The van der Waals surface area contributed by atoms with E-state index in [9.17, 15) is 4.79 Å². The number of aryl methyl sites for hydroxylation is 1. The van der Waals surface area contributed by atoms with Gasteiger partial charge in [0, 0.05) is 18.9 Å². The lowest BCUT2D eigenvalue weighted by Gasteiger charge is -2.16. The number of carbonyl (C=O) groups excluding carboxylic acids is 1. The van der Waals surface area contributed by atoms with Crippen molar-refractivity contribution in [3.8, 4) is 16.9 Å². The summed E-state index contributed by atoms with van der Waals surface area (Å²) in [5, 5.41) is 0. The third-order valence-corrected chi connectivity index (χ3v) is 5.01. The SMILES string of the molecule is CC(C)(C)OC(N)=O.COCc1nc2nccc(-c3ccc(OCC(C)CC(C)C)c(C)c3)c2[nH]1. The van der Waals surface area contributed by atoms with Crippen molar-refractivity contribution in [1.82, 2.24) is 15.0 Å². The van der Waals surface area contributed by atoms with Crippen molar-refractivity contribution in [3.63, 3.8) is 0 Å². The first kappa shape index (κ1) is 28.1. The van der Waals surface area contributed by atoms with Gasteiger partial charge in [0.2, 0.25) is 0 Å². The van der Waals surface area contributed by atoms with Gasteiger partial charge in [-0.2, -0.15) is 0 Å². The lowest BCUT2D eigenvalue weighted by atomic mass is 10.00. The molecule has 3 aromatic rings. The van der Waals surface area contributed by atoms with Gasteiger partial charge in [-0.05, 0) is 75.3 Å². The number of aromatic amines is 1. The number of hydrogen-bond acceptors (Lipinski definition) is 6. The zero-order valence-electron chi connectivity index (χ0n) is 22.3. The molecule has 1 unspecified atom stereocenters. The van der Waals surface area contributed by atoms with Gasteiger partial charge < -0.3 is 24.9 Å². The van der Waals surface area contributed by atoms with Crippen LogP contribution in [0.3, 0.4) is 0 Å². The first-order valence-corrected chi connectivity index (χ1v) is 11.9. The molecule has 0 saturated carbocycles. The fourth-order valence-corrected chi connectivity index (χ4v) is 3.79. The molecule has 0 aliphatic rings. The molecular weight excluding hydrogens is 444 g/mol. The van der Waals surface area contributed by atoms with Gasteiger partial charge in [-0.3, -0.25) is 0 Å². The van der Waals surface area contributed by atoms with Crippen LogP contribution >= 0.6 is 0 Å². The van der Waals surface area contributed by atoms with Crippen LogP contribution in [0.2, 0.25) is 0 Å². The van der Waals surface area contributed by atoms with Crippen molar-refractivity contribution in [2.75, 3.05) is 13.7 Å². The summed E-state index contributed by atoms with van der Waals surface area (Å²) < 4.78 is 15.8. The summed E-state index contributed by atoms with van der Waals surface area (Å²) in [6.45, 7) is 15.3. The highest BCUT2D eigenvalue weighted by Crippen LogP contribution is 2.30. The Labute approximate surface area is 208 Å². The number of benzene rings is 1. The Morgan fingerprint density at radius 2 is 1.89 bits per heavy atom. The number of rotatable bonds is 8. The Morgan fingerprint density at radius 1 is 1.17 bits per heavy atom. The van der Waals surface area contributed by atoms with Crippen molar-refractivity contribution in [3.05, 3.63) is 41.9 Å². The summed E-state index contributed by atoms with van der Waals surface area (Å²) in [6, 6.07) is 8.33. The van der Waals surface area contributed by atoms with Crippen LogP contribution in [0.15, 0.2) is 30.5 Å². The van der Waals surface area contributed by atoms with Crippen molar-refractivity contribution in [2.24, 2.45) is 17.6 Å². The fraction of sp³-hybridized carbons (Fsp3) is 0.519. The smallest absolute Gasteiger partial charge is 0.405 e. The summed E-state index contributed by atoms with van der Waals surface area (Å²) in [6.07, 6.45) is 2.25. The Balaban J connectivity index is 0.000000466. The topological polar surface area (TPSA) is 112 Å². The quantitative estimate of drug-likeness (QED) is 0.404. The molecule has 0 aliphatic carbocycles. The first-order chi connectivity index (χ1) is 16.4. The van der Waals surface area contributed by atoms with E-state index in [-0.39, 0.29) is 0 Å². The second kappa shape index (κ2) is 12.5. The Hall–Kier alpha value is -3.13. The molecule has 35 heavy (non-hydrogen) atoms. The minimum absolute atomic E-state index is 0.441. The average Bonchev–Trinajstić information content (AvgIpc) is 3.14. The second-order valence-electron chi connectivity index (χ2n) is 10.2. The van der Waals surface area contributed by atoms with Gasteiger partial charge in [0.25, 0.3) is 0 Å². The zero-order valence-corrected chi connectivity index (χ0v) is 22.3. The zero-order chi connectivity index (χ0) is 26.2. The number of carbonyl (C=O) groups is 1. The van der Waals surface area contributed by atoms with Gasteiger partial charge in [-0.1, -0.05) is 26.8 Å². The minimum Gasteiger partial charge on any atom is -0.493 e. The molecule has 2 heterocycles. The summed E-state index contributed by atoms with van der Waals surface area (Å²) in [5.41, 5.74) is 9.24. The van der Waals surface area contributed by atoms with Gasteiger partial charge >= 0.3 is 6.09 Å². The maximum absolute atomic E-state index is 10.0. The number of nitrogens with one attached hydrogen (secondary N) is 1. The monoisotopic (exact) mass is 484 g/mol. The lowest BCUT2D eigenvalue weighted by Crippen LogP contribution is -2.27. The Bertz CT molecular complexity index is 1100. The van der Waals surface area contributed by atoms with Crippen LogP contribution in [0.1, 0.15) is 59.4 Å². The van der Waals surface area contributed by atoms with Gasteiger partial charge in [0.05, 0.1) is 12.1 Å². The molecule has 3 rings (SSSR count). The van der Waals surface area contributed by atoms with E-state index in [2.05, 4.69) is 65.6 Å². The molecule has 1 atom stereocenters. The molecule has 0 saturated heterocycles. The maximum atomic E-state index is 10.0. The number of aromatic nitrogens is 3. The largest absolute Gasteiger partial charge is 0.493 e. The Kier molecular flexibility index (Phi) is 10.1. The maximum Gasteiger partial charge on any atom is 0.405 e. The molecular formula is C27H40N4O4. The molecule has 8 nitrogen and oxygen atoms in total. The van der Waals surface area contributed by atoms with Crippen LogP contribution in [-0.4, -0.2) is 40.4 Å². The van der Waals surface area contributed by atoms with Crippen LogP contribution < -0.4 is 10.5 Å². The van der Waals surface area contributed by atoms with Crippen LogP contribution in [0, 0.1) is 18.8 Å². The van der Waals surface area contributed by atoms with E-state index >= 15 is 0 Å². The van der Waals surface area contributed by atoms with E-state index in [1.165, 1.54) is 6.42 Å². The van der Waals surface area contributed by atoms with E-state index in [0.717, 1.165) is 40.4 Å². The predicted molar refractivity (Wildman–Crippen MR) is 139 cm³/mol. The molecule has 3 N–H and O–H groups in total. The number of nitrogens with two attached hydrogens (primary N) is 1. The highest BCUT2D eigenvalue weighted by molar-refractivity contribution is 5.89. The summed E-state index contributed by atoms with van der Waals surface area (Å²) in [4.78, 5) is 22.2. The molecule has 192 valence electrons. The molecule has 8 heteroatoms. The molecule has 0 fully saturated rings. The normalized spacial score (nSPS) is 12.3. The van der Waals surface area contributed by atoms with Crippen LogP contribution in [0.4, 0.5) is 4.79 Å². The number of pyridine rings is 1. The van der Waals surface area contributed by atoms with Crippen LogP contribution in [-0.2, 0) is 16.1 Å². The number of ether oxygens (including phenoxy) is 3. The number of hydrogen-bond donors (Lipinski definition) is 2. The molecule has 1 amide bonds. The van der Waals surface area contributed by atoms with Crippen LogP contribution in [0.25, 0.3) is 22.3 Å². The average molecular weight is 485 g/mol. The highest BCUT2D eigenvalue weighted by Gasteiger charge is 2.13. The van der Waals surface area contributed by atoms with Crippen molar-refractivity contribution < 1.29 is 19.0 Å². The number of primary amides is 1. The molecule has 0 bridgehead atoms. The number of imidazole rings is 1. The second-order valence-corrected chi connectivity index (χ2v) is 10.2. The predicted octanol–water partition coefficient (Wildman–Crippen LogP) is 6.02. The molecule has 0 spiro atoms. The van der Waals surface area contributed by atoms with Gasteiger partial charge in [-0.15, -0.1) is 0 Å². The number of nitrogens with zero attached hydrogens (tertiary/aromatic N) is 2. The van der Waals surface area contributed by atoms with Crippen molar-refractivity contribution in [1.29, 1.82) is 0 Å². The van der Waals surface area contributed by atoms with Crippen molar-refractivity contribution in [2.45, 2.75) is 67.1 Å². The lowest BCUT2D eigenvalue weighted by molar-refractivity contribution is 0.0600. The molecule has 0 aliphatic heterocycles. The summed E-state index contributed by atoms with van der Waals surface area (Å²) >= 11 is 0.